The SMILES string of the molecule is CC(C)OC(=O)CN1C(=O)S/C(=C/c2cccc(Oc3ccccc3)c2)C1=O. The lowest BCUT2D eigenvalue weighted by Gasteiger charge is -2.13. The molecule has 6 nitrogen and oxygen atoms in total. The summed E-state index contributed by atoms with van der Waals surface area (Å²) in [6.07, 6.45) is 1.30. The molecule has 0 N–H and O–H groups in total. The van der Waals surface area contributed by atoms with Gasteiger partial charge in [-0.15, -0.1) is 0 Å². The third-order valence-corrected chi connectivity index (χ3v) is 4.57. The predicted octanol–water partition coefficient (Wildman–Crippen LogP) is 4.47. The van der Waals surface area contributed by atoms with E-state index in [2.05, 4.69) is 0 Å². The number of hydrogen-bond donors (Lipinski definition) is 0. The van der Waals surface area contributed by atoms with Crippen molar-refractivity contribution in [3.63, 3.8) is 0 Å². The van der Waals surface area contributed by atoms with Crippen molar-refractivity contribution in [1.82, 2.24) is 4.90 Å². The van der Waals surface area contributed by atoms with Crippen LogP contribution in [0.1, 0.15) is 19.4 Å². The minimum atomic E-state index is -0.614. The number of imide groups is 1. The number of esters is 1. The highest BCUT2D eigenvalue weighted by Crippen LogP contribution is 2.33. The maximum Gasteiger partial charge on any atom is 0.326 e. The Hall–Kier alpha value is -3.06. The monoisotopic (exact) mass is 397 g/mol. The molecule has 0 bridgehead atoms. The van der Waals surface area contributed by atoms with Crippen LogP contribution in [-0.2, 0) is 14.3 Å². The van der Waals surface area contributed by atoms with Gasteiger partial charge in [-0.05, 0) is 61.5 Å². The van der Waals surface area contributed by atoms with E-state index in [0.717, 1.165) is 16.7 Å². The van der Waals surface area contributed by atoms with Gasteiger partial charge in [0.15, 0.2) is 0 Å². The topological polar surface area (TPSA) is 72.9 Å². The zero-order chi connectivity index (χ0) is 20.1. The van der Waals surface area contributed by atoms with Crippen LogP contribution in [-0.4, -0.2) is 34.7 Å². The Morgan fingerprint density at radius 3 is 2.50 bits per heavy atom. The van der Waals surface area contributed by atoms with E-state index in [1.54, 1.807) is 44.2 Å². The number of carbonyl (C=O) groups excluding carboxylic acids is 3. The van der Waals surface area contributed by atoms with Crippen LogP contribution in [0.2, 0.25) is 0 Å². The predicted molar refractivity (Wildman–Crippen MR) is 107 cm³/mol. The van der Waals surface area contributed by atoms with Crippen molar-refractivity contribution in [3.8, 4) is 11.5 Å². The van der Waals surface area contributed by atoms with Crippen molar-refractivity contribution in [2.45, 2.75) is 20.0 Å². The molecular formula is C21H19NO5S. The molecule has 144 valence electrons. The second-order valence-corrected chi connectivity index (χ2v) is 7.29. The van der Waals surface area contributed by atoms with Crippen LogP contribution in [0.15, 0.2) is 59.5 Å². The minimum Gasteiger partial charge on any atom is -0.462 e. The number of nitrogens with zero attached hydrogens (tertiary/aromatic N) is 1. The van der Waals surface area contributed by atoms with Gasteiger partial charge in [0.25, 0.3) is 11.1 Å². The number of hydrogen-bond acceptors (Lipinski definition) is 6. The van der Waals surface area contributed by atoms with Gasteiger partial charge < -0.3 is 9.47 Å². The molecule has 1 fully saturated rings. The molecule has 28 heavy (non-hydrogen) atoms. The lowest BCUT2D eigenvalue weighted by atomic mass is 10.2. The number of benzene rings is 2. The standard InChI is InChI=1S/C21H19NO5S/c1-14(2)26-19(23)13-22-20(24)18(28-21(22)25)12-15-7-6-10-17(11-15)27-16-8-4-3-5-9-16/h3-12,14H,13H2,1-2H3/b18-12+. The van der Waals surface area contributed by atoms with Crippen molar-refractivity contribution in [3.05, 3.63) is 65.1 Å². The number of ether oxygens (including phenoxy) is 2. The fourth-order valence-corrected chi connectivity index (χ4v) is 3.35. The molecule has 2 aromatic carbocycles. The Balaban J connectivity index is 1.73. The molecule has 1 aliphatic rings. The third kappa shape index (κ3) is 5.01. The Bertz CT molecular complexity index is 923. The summed E-state index contributed by atoms with van der Waals surface area (Å²) in [6.45, 7) is 3.02. The summed E-state index contributed by atoms with van der Waals surface area (Å²) in [4.78, 5) is 37.5. The van der Waals surface area contributed by atoms with Crippen molar-refractivity contribution in [1.29, 1.82) is 0 Å². The number of thioether (sulfide) groups is 1. The Labute approximate surface area is 167 Å². The van der Waals surface area contributed by atoms with E-state index in [0.29, 0.717) is 17.1 Å². The summed E-state index contributed by atoms with van der Waals surface area (Å²) in [5.74, 6) is 0.185. The molecule has 2 amide bonds. The maximum absolute atomic E-state index is 12.5. The Kier molecular flexibility index (Phi) is 6.16. The average Bonchev–Trinajstić information content (AvgIpc) is 2.90. The summed E-state index contributed by atoms with van der Waals surface area (Å²) in [6, 6.07) is 16.5. The highest BCUT2D eigenvalue weighted by Gasteiger charge is 2.36. The minimum absolute atomic E-state index is 0.249. The van der Waals surface area contributed by atoms with Crippen LogP contribution < -0.4 is 4.74 Å². The molecule has 0 aliphatic carbocycles. The lowest BCUT2D eigenvalue weighted by Crippen LogP contribution is -2.35. The highest BCUT2D eigenvalue weighted by molar-refractivity contribution is 8.18. The van der Waals surface area contributed by atoms with Gasteiger partial charge in [0.05, 0.1) is 11.0 Å². The first-order valence-corrected chi connectivity index (χ1v) is 9.52. The normalized spacial score (nSPS) is 15.4. The summed E-state index contributed by atoms with van der Waals surface area (Å²) < 4.78 is 10.8. The van der Waals surface area contributed by atoms with Gasteiger partial charge in [-0.25, -0.2) is 0 Å². The molecule has 1 saturated heterocycles. The van der Waals surface area contributed by atoms with Crippen LogP contribution in [0.25, 0.3) is 6.08 Å². The van der Waals surface area contributed by atoms with Crippen LogP contribution in [0, 0.1) is 0 Å². The van der Waals surface area contributed by atoms with Gasteiger partial charge in [-0.1, -0.05) is 30.3 Å². The number of carbonyl (C=O) groups is 3. The quantitative estimate of drug-likeness (QED) is 0.529. The summed E-state index contributed by atoms with van der Waals surface area (Å²) in [7, 11) is 0. The zero-order valence-electron chi connectivity index (χ0n) is 15.5. The lowest BCUT2D eigenvalue weighted by molar-refractivity contribution is -0.149. The molecule has 0 radical (unpaired) electrons. The molecule has 1 aliphatic heterocycles. The Morgan fingerprint density at radius 2 is 1.79 bits per heavy atom. The fourth-order valence-electron chi connectivity index (χ4n) is 2.51. The largest absolute Gasteiger partial charge is 0.462 e. The first kappa shape index (κ1) is 19.7. The van der Waals surface area contributed by atoms with Crippen LogP contribution in [0.3, 0.4) is 0 Å². The first-order valence-electron chi connectivity index (χ1n) is 8.70. The Morgan fingerprint density at radius 1 is 1.07 bits per heavy atom. The second kappa shape index (κ2) is 8.75. The molecule has 0 aromatic heterocycles. The van der Waals surface area contributed by atoms with Gasteiger partial charge in [0.2, 0.25) is 0 Å². The van der Waals surface area contributed by atoms with E-state index in [-0.39, 0.29) is 11.0 Å². The molecule has 2 aromatic rings. The zero-order valence-corrected chi connectivity index (χ0v) is 16.3. The third-order valence-electron chi connectivity index (χ3n) is 3.66. The van der Waals surface area contributed by atoms with Gasteiger partial charge in [-0.3, -0.25) is 19.3 Å². The molecule has 3 rings (SSSR count). The van der Waals surface area contributed by atoms with Crippen LogP contribution in [0.4, 0.5) is 4.79 Å². The van der Waals surface area contributed by atoms with E-state index < -0.39 is 23.7 Å². The summed E-state index contributed by atoms with van der Waals surface area (Å²) >= 11 is 0.797. The van der Waals surface area contributed by atoms with Gasteiger partial charge >= 0.3 is 5.97 Å². The second-order valence-electron chi connectivity index (χ2n) is 6.29. The van der Waals surface area contributed by atoms with Crippen LogP contribution in [0.5, 0.6) is 11.5 Å². The van der Waals surface area contributed by atoms with E-state index in [4.69, 9.17) is 9.47 Å². The summed E-state index contributed by atoms with van der Waals surface area (Å²) in [5, 5.41) is -0.492. The highest BCUT2D eigenvalue weighted by atomic mass is 32.2. The molecule has 7 heteroatoms. The van der Waals surface area contributed by atoms with Crippen molar-refractivity contribution in [2.75, 3.05) is 6.54 Å². The molecule has 1 heterocycles. The summed E-state index contributed by atoms with van der Waals surface area (Å²) in [5.41, 5.74) is 0.712. The molecular weight excluding hydrogens is 378 g/mol. The molecule has 0 saturated carbocycles. The smallest absolute Gasteiger partial charge is 0.326 e. The number of amides is 2. The van der Waals surface area contributed by atoms with E-state index in [9.17, 15) is 14.4 Å². The maximum atomic E-state index is 12.5. The van der Waals surface area contributed by atoms with Gasteiger partial charge in [-0.2, -0.15) is 0 Å². The first-order chi connectivity index (χ1) is 13.4. The van der Waals surface area contributed by atoms with E-state index in [1.807, 2.05) is 30.3 Å². The number of para-hydroxylation sites is 1. The van der Waals surface area contributed by atoms with Crippen molar-refractivity contribution >= 4 is 35.0 Å². The molecule has 0 atom stereocenters. The van der Waals surface area contributed by atoms with E-state index >= 15 is 0 Å². The van der Waals surface area contributed by atoms with Gasteiger partial charge in [0, 0.05) is 0 Å². The van der Waals surface area contributed by atoms with Crippen LogP contribution >= 0.6 is 11.8 Å². The van der Waals surface area contributed by atoms with Crippen molar-refractivity contribution < 1.29 is 23.9 Å². The number of rotatable bonds is 6. The van der Waals surface area contributed by atoms with Gasteiger partial charge in [0.1, 0.15) is 18.0 Å². The average molecular weight is 397 g/mol. The fraction of sp³-hybridized carbons (Fsp3) is 0.190. The molecule has 0 unspecified atom stereocenters. The van der Waals surface area contributed by atoms with E-state index in [1.165, 1.54) is 0 Å². The van der Waals surface area contributed by atoms with Crippen molar-refractivity contribution in [2.24, 2.45) is 0 Å². The molecule has 0 spiro atoms.